The molecule has 1 aliphatic heterocycles. The molecule has 1 saturated heterocycles. The van der Waals surface area contributed by atoms with E-state index in [9.17, 15) is 4.39 Å². The molecule has 0 aromatic carbocycles. The number of nitrogens with zero attached hydrogens (tertiary/aromatic N) is 3. The van der Waals surface area contributed by atoms with Crippen molar-refractivity contribution in [2.45, 2.75) is 45.3 Å². The molecule has 0 bridgehead atoms. The number of hydrogen-bond donors (Lipinski definition) is 1. The Labute approximate surface area is 144 Å². The Morgan fingerprint density at radius 1 is 1.46 bits per heavy atom. The van der Waals surface area contributed by atoms with Crippen LogP contribution >= 0.6 is 0 Å². The van der Waals surface area contributed by atoms with E-state index in [0.717, 1.165) is 32.3 Å². The molecule has 1 aliphatic rings. The quantitative estimate of drug-likeness (QED) is 0.287. The van der Waals surface area contributed by atoms with E-state index in [1.165, 1.54) is 0 Å². The number of anilines is 1. The number of aromatic nitrogens is 1. The van der Waals surface area contributed by atoms with Gasteiger partial charge in [0.15, 0.2) is 8.32 Å². The molecule has 0 aliphatic carbocycles. The van der Waals surface area contributed by atoms with E-state index in [2.05, 4.69) is 48.9 Å². The van der Waals surface area contributed by atoms with Gasteiger partial charge in [-0.05, 0) is 36.7 Å². The molecule has 1 N–H and O–H groups in total. The molecular weight excluding hydrogens is 325 g/mol. The Balaban J connectivity index is 1.95. The SMILES string of the molecule is CC(C)(C)[Si](C)(C)OCC1CCN(c2ccc(/C=N/O)c(F)n2)C1. The minimum absolute atomic E-state index is 0.179. The van der Waals surface area contributed by atoms with Crippen molar-refractivity contribution >= 4 is 20.3 Å². The molecule has 0 radical (unpaired) electrons. The highest BCUT2D eigenvalue weighted by Gasteiger charge is 2.38. The third-order valence-electron chi connectivity index (χ3n) is 5.16. The van der Waals surface area contributed by atoms with E-state index < -0.39 is 14.3 Å². The summed E-state index contributed by atoms with van der Waals surface area (Å²) in [5.74, 6) is 0.450. The second-order valence-corrected chi connectivity index (χ2v) is 12.8. The number of oxime groups is 1. The normalized spacial score (nSPS) is 19.4. The van der Waals surface area contributed by atoms with Crippen LogP contribution in [-0.4, -0.2) is 44.4 Å². The number of halogens is 1. The lowest BCUT2D eigenvalue weighted by Crippen LogP contribution is -2.42. The first-order chi connectivity index (χ1) is 11.1. The average molecular weight is 354 g/mol. The van der Waals surface area contributed by atoms with E-state index in [-0.39, 0.29) is 10.6 Å². The van der Waals surface area contributed by atoms with Gasteiger partial charge in [-0.15, -0.1) is 0 Å². The molecule has 24 heavy (non-hydrogen) atoms. The molecule has 0 spiro atoms. The summed E-state index contributed by atoms with van der Waals surface area (Å²) in [5, 5.41) is 11.5. The Bertz CT molecular complexity index is 602. The lowest BCUT2D eigenvalue weighted by molar-refractivity contribution is 0.238. The van der Waals surface area contributed by atoms with Crippen LogP contribution in [0.4, 0.5) is 10.2 Å². The summed E-state index contributed by atoms with van der Waals surface area (Å²) < 4.78 is 20.2. The second kappa shape index (κ2) is 7.19. The second-order valence-electron chi connectivity index (χ2n) is 7.97. The van der Waals surface area contributed by atoms with Crippen molar-refractivity contribution in [3.05, 3.63) is 23.6 Å². The van der Waals surface area contributed by atoms with E-state index in [1.807, 2.05) is 0 Å². The van der Waals surface area contributed by atoms with E-state index >= 15 is 0 Å². The summed E-state index contributed by atoms with van der Waals surface area (Å²) in [6.45, 7) is 13.7. The van der Waals surface area contributed by atoms with Crippen molar-refractivity contribution in [2.75, 3.05) is 24.6 Å². The van der Waals surface area contributed by atoms with Gasteiger partial charge in [-0.3, -0.25) is 0 Å². The van der Waals surface area contributed by atoms with Crippen molar-refractivity contribution in [1.82, 2.24) is 4.98 Å². The van der Waals surface area contributed by atoms with Gasteiger partial charge in [0.2, 0.25) is 5.95 Å². The molecule has 1 aromatic rings. The molecule has 5 nitrogen and oxygen atoms in total. The van der Waals surface area contributed by atoms with Crippen molar-refractivity contribution in [3.63, 3.8) is 0 Å². The summed E-state index contributed by atoms with van der Waals surface area (Å²) in [6, 6.07) is 3.34. The lowest BCUT2D eigenvalue weighted by atomic mass is 10.1. The molecule has 0 amide bonds. The first kappa shape index (κ1) is 18.9. The fourth-order valence-electron chi connectivity index (χ4n) is 2.49. The van der Waals surface area contributed by atoms with Crippen LogP contribution in [0.25, 0.3) is 0 Å². The fraction of sp³-hybridized carbons (Fsp3) is 0.647. The summed E-state index contributed by atoms with van der Waals surface area (Å²) in [4.78, 5) is 6.07. The Kier molecular flexibility index (Phi) is 5.65. The van der Waals surface area contributed by atoms with Gasteiger partial charge in [-0.2, -0.15) is 4.39 Å². The van der Waals surface area contributed by atoms with Gasteiger partial charge >= 0.3 is 0 Å². The molecule has 1 aromatic heterocycles. The molecule has 1 unspecified atom stereocenters. The van der Waals surface area contributed by atoms with Gasteiger partial charge in [0, 0.05) is 25.6 Å². The number of hydrogen-bond acceptors (Lipinski definition) is 5. The number of rotatable bonds is 5. The molecular formula is C17H28FN3O2Si. The van der Waals surface area contributed by atoms with Crippen molar-refractivity contribution in [1.29, 1.82) is 0 Å². The Hall–Kier alpha value is -1.47. The zero-order valence-corrected chi connectivity index (χ0v) is 16.2. The predicted octanol–water partition coefficient (Wildman–Crippen LogP) is 3.88. The summed E-state index contributed by atoms with van der Waals surface area (Å²) in [7, 11) is -1.73. The fourth-order valence-corrected chi connectivity index (χ4v) is 3.57. The zero-order valence-electron chi connectivity index (χ0n) is 15.2. The van der Waals surface area contributed by atoms with Crippen LogP contribution in [0.1, 0.15) is 32.8 Å². The van der Waals surface area contributed by atoms with Crippen molar-refractivity contribution in [2.24, 2.45) is 11.1 Å². The van der Waals surface area contributed by atoms with Gasteiger partial charge in [0.1, 0.15) is 5.82 Å². The van der Waals surface area contributed by atoms with Gasteiger partial charge in [0.05, 0.1) is 11.8 Å². The Morgan fingerprint density at radius 3 is 2.75 bits per heavy atom. The monoisotopic (exact) mass is 353 g/mol. The maximum absolute atomic E-state index is 13.9. The average Bonchev–Trinajstić information content (AvgIpc) is 2.95. The Morgan fingerprint density at radius 2 is 2.17 bits per heavy atom. The van der Waals surface area contributed by atoms with Crippen LogP contribution in [0.5, 0.6) is 0 Å². The summed E-state index contributed by atoms with van der Waals surface area (Å²) in [5.41, 5.74) is 0.179. The molecule has 134 valence electrons. The van der Waals surface area contributed by atoms with Gasteiger partial charge in [-0.25, -0.2) is 4.98 Å². The van der Waals surface area contributed by atoms with Crippen molar-refractivity contribution in [3.8, 4) is 0 Å². The summed E-state index contributed by atoms with van der Waals surface area (Å²) in [6.07, 6.45) is 2.07. The standard InChI is InChI=1S/C17H28FN3O2Si/c1-17(2,3)24(4,5)23-12-13-8-9-21(11-13)15-7-6-14(10-19-22)16(18)20-15/h6-7,10,13,22H,8-9,11-12H2,1-5H3/b19-10+. The highest BCUT2D eigenvalue weighted by molar-refractivity contribution is 6.74. The van der Waals surface area contributed by atoms with Crippen LogP contribution in [0, 0.1) is 11.9 Å². The number of pyridine rings is 1. The van der Waals surface area contributed by atoms with Crippen LogP contribution < -0.4 is 4.90 Å². The maximum Gasteiger partial charge on any atom is 0.223 e. The highest BCUT2D eigenvalue weighted by Crippen LogP contribution is 2.37. The molecule has 7 heteroatoms. The van der Waals surface area contributed by atoms with Gasteiger partial charge in [0.25, 0.3) is 0 Å². The molecule has 0 saturated carbocycles. The highest BCUT2D eigenvalue weighted by atomic mass is 28.4. The van der Waals surface area contributed by atoms with Crippen LogP contribution in [0.2, 0.25) is 18.1 Å². The first-order valence-corrected chi connectivity index (χ1v) is 11.3. The van der Waals surface area contributed by atoms with E-state index in [0.29, 0.717) is 11.7 Å². The largest absolute Gasteiger partial charge is 0.416 e. The minimum atomic E-state index is -1.73. The first-order valence-electron chi connectivity index (χ1n) is 8.37. The molecule has 1 atom stereocenters. The molecule has 2 rings (SSSR count). The third kappa shape index (κ3) is 4.33. The lowest BCUT2D eigenvalue weighted by Gasteiger charge is -2.37. The van der Waals surface area contributed by atoms with Crippen LogP contribution in [-0.2, 0) is 4.43 Å². The van der Waals surface area contributed by atoms with E-state index in [1.54, 1.807) is 12.1 Å². The van der Waals surface area contributed by atoms with E-state index in [4.69, 9.17) is 9.63 Å². The van der Waals surface area contributed by atoms with Gasteiger partial charge < -0.3 is 14.5 Å². The van der Waals surface area contributed by atoms with Crippen LogP contribution in [0.15, 0.2) is 17.3 Å². The van der Waals surface area contributed by atoms with Gasteiger partial charge in [-0.1, -0.05) is 25.9 Å². The predicted molar refractivity (Wildman–Crippen MR) is 97.0 cm³/mol. The molecule has 1 fully saturated rings. The van der Waals surface area contributed by atoms with Crippen molar-refractivity contribution < 1.29 is 14.0 Å². The smallest absolute Gasteiger partial charge is 0.223 e. The third-order valence-corrected chi connectivity index (χ3v) is 9.66. The minimum Gasteiger partial charge on any atom is -0.416 e. The topological polar surface area (TPSA) is 58.0 Å². The zero-order chi connectivity index (χ0) is 18.0. The molecule has 2 heterocycles. The van der Waals surface area contributed by atoms with Crippen LogP contribution in [0.3, 0.4) is 0 Å². The summed E-state index contributed by atoms with van der Waals surface area (Å²) >= 11 is 0. The maximum atomic E-state index is 13.9.